The van der Waals surface area contributed by atoms with Crippen LogP contribution in [0, 0.1) is 0 Å². The number of rotatable bonds is 7. The quantitative estimate of drug-likeness (QED) is 0.562. The summed E-state index contributed by atoms with van der Waals surface area (Å²) in [5.74, 6) is -3.01. The fourth-order valence-electron chi connectivity index (χ4n) is 1.60. The van der Waals surface area contributed by atoms with Crippen molar-refractivity contribution >= 4 is 24.0 Å². The van der Waals surface area contributed by atoms with E-state index in [9.17, 15) is 19.5 Å². The lowest BCUT2D eigenvalue weighted by Crippen LogP contribution is -2.30. The van der Waals surface area contributed by atoms with E-state index in [2.05, 4.69) is 4.74 Å². The Bertz CT molecular complexity index is 620. The topological polar surface area (TPSA) is 119 Å². The van der Waals surface area contributed by atoms with Crippen LogP contribution < -0.4 is 4.74 Å². The molecular formula is C15H16O8. The molecule has 1 unspecified atom stereocenters. The number of benzene rings is 1. The molecule has 0 aliphatic carbocycles. The van der Waals surface area contributed by atoms with Gasteiger partial charge in [-0.15, -0.1) is 0 Å². The van der Waals surface area contributed by atoms with E-state index in [4.69, 9.17) is 14.6 Å². The van der Waals surface area contributed by atoms with Crippen LogP contribution in [0.3, 0.4) is 0 Å². The molecule has 0 bridgehead atoms. The van der Waals surface area contributed by atoms with Gasteiger partial charge < -0.3 is 24.4 Å². The highest BCUT2D eigenvalue weighted by Crippen LogP contribution is 2.26. The second kappa shape index (κ2) is 8.42. The third-order valence-electron chi connectivity index (χ3n) is 2.70. The number of carboxylic acid groups (broad SMARTS) is 1. The summed E-state index contributed by atoms with van der Waals surface area (Å²) in [6.45, 7) is 0. The Morgan fingerprint density at radius 3 is 2.52 bits per heavy atom. The Morgan fingerprint density at radius 2 is 1.96 bits per heavy atom. The number of aromatic hydroxyl groups is 1. The number of carbonyl (C=O) groups excluding carboxylic acids is 2. The molecule has 1 aromatic rings. The van der Waals surface area contributed by atoms with Crippen LogP contribution in [0.1, 0.15) is 12.0 Å². The van der Waals surface area contributed by atoms with Gasteiger partial charge in [0, 0.05) is 6.08 Å². The summed E-state index contributed by atoms with van der Waals surface area (Å²) < 4.78 is 14.0. The molecule has 8 nitrogen and oxygen atoms in total. The summed E-state index contributed by atoms with van der Waals surface area (Å²) in [5.41, 5.74) is 0.532. The Balaban J connectivity index is 2.77. The normalized spacial score (nSPS) is 11.7. The van der Waals surface area contributed by atoms with Crippen LogP contribution in [0.25, 0.3) is 6.08 Å². The van der Waals surface area contributed by atoms with Gasteiger partial charge in [0.05, 0.1) is 20.6 Å². The largest absolute Gasteiger partial charge is 0.504 e. The number of carbonyl (C=O) groups is 3. The zero-order valence-corrected chi connectivity index (χ0v) is 12.5. The van der Waals surface area contributed by atoms with Gasteiger partial charge in [-0.1, -0.05) is 6.07 Å². The second-order valence-corrected chi connectivity index (χ2v) is 4.31. The van der Waals surface area contributed by atoms with Crippen LogP contribution in [-0.2, 0) is 23.9 Å². The molecule has 0 amide bonds. The third kappa shape index (κ3) is 5.70. The van der Waals surface area contributed by atoms with Gasteiger partial charge in [0.25, 0.3) is 0 Å². The van der Waals surface area contributed by atoms with E-state index >= 15 is 0 Å². The molecule has 0 aliphatic heterocycles. The van der Waals surface area contributed by atoms with Crippen molar-refractivity contribution in [2.45, 2.75) is 12.5 Å². The Morgan fingerprint density at radius 1 is 1.26 bits per heavy atom. The minimum Gasteiger partial charge on any atom is -0.504 e. The summed E-state index contributed by atoms with van der Waals surface area (Å²) >= 11 is 0. The molecule has 0 fully saturated rings. The molecule has 2 N–H and O–H groups in total. The van der Waals surface area contributed by atoms with Gasteiger partial charge in [-0.3, -0.25) is 4.79 Å². The van der Waals surface area contributed by atoms with E-state index in [0.29, 0.717) is 5.56 Å². The molecule has 23 heavy (non-hydrogen) atoms. The summed E-state index contributed by atoms with van der Waals surface area (Å²) in [5, 5.41) is 18.1. The van der Waals surface area contributed by atoms with Crippen LogP contribution in [0.2, 0.25) is 0 Å². The zero-order chi connectivity index (χ0) is 17.4. The average molecular weight is 324 g/mol. The highest BCUT2D eigenvalue weighted by Gasteiger charge is 2.25. The van der Waals surface area contributed by atoms with Crippen molar-refractivity contribution in [3.63, 3.8) is 0 Å². The minimum atomic E-state index is -1.52. The summed E-state index contributed by atoms with van der Waals surface area (Å²) in [4.78, 5) is 33.6. The van der Waals surface area contributed by atoms with Crippen LogP contribution in [0.5, 0.6) is 11.5 Å². The van der Waals surface area contributed by atoms with Gasteiger partial charge in [-0.2, -0.15) is 0 Å². The fourth-order valence-corrected chi connectivity index (χ4v) is 1.60. The summed E-state index contributed by atoms with van der Waals surface area (Å²) in [6.07, 6.45) is 0.159. The van der Waals surface area contributed by atoms with Crippen molar-refractivity contribution < 1.29 is 38.8 Å². The number of hydrogen-bond acceptors (Lipinski definition) is 7. The van der Waals surface area contributed by atoms with Gasteiger partial charge in [0.15, 0.2) is 11.5 Å². The van der Waals surface area contributed by atoms with Crippen molar-refractivity contribution in [3.8, 4) is 11.5 Å². The van der Waals surface area contributed by atoms with Crippen molar-refractivity contribution in [2.24, 2.45) is 0 Å². The first-order valence-electron chi connectivity index (χ1n) is 6.42. The van der Waals surface area contributed by atoms with Gasteiger partial charge in [0.2, 0.25) is 6.10 Å². The lowest BCUT2D eigenvalue weighted by molar-refractivity contribution is -0.166. The number of methoxy groups -OCH3 is 2. The third-order valence-corrected chi connectivity index (χ3v) is 2.70. The predicted octanol–water partition coefficient (Wildman–Crippen LogP) is 0.973. The highest BCUT2D eigenvalue weighted by atomic mass is 16.6. The van der Waals surface area contributed by atoms with Gasteiger partial charge in [0.1, 0.15) is 0 Å². The first kappa shape index (κ1) is 18.0. The van der Waals surface area contributed by atoms with Crippen LogP contribution in [-0.4, -0.2) is 48.4 Å². The predicted molar refractivity (Wildman–Crippen MR) is 77.8 cm³/mol. The van der Waals surface area contributed by atoms with E-state index < -0.39 is 30.4 Å². The molecular weight excluding hydrogens is 308 g/mol. The summed E-state index contributed by atoms with van der Waals surface area (Å²) in [7, 11) is 2.44. The molecule has 0 heterocycles. The molecule has 8 heteroatoms. The van der Waals surface area contributed by atoms with E-state index in [0.717, 1.165) is 13.2 Å². The zero-order valence-electron chi connectivity index (χ0n) is 12.5. The lowest BCUT2D eigenvalue weighted by Gasteiger charge is -2.12. The molecule has 1 aromatic carbocycles. The minimum absolute atomic E-state index is 0.0561. The molecule has 1 atom stereocenters. The maximum Gasteiger partial charge on any atom is 0.347 e. The first-order valence-corrected chi connectivity index (χ1v) is 6.42. The molecule has 1 rings (SSSR count). The van der Waals surface area contributed by atoms with Gasteiger partial charge >= 0.3 is 17.9 Å². The van der Waals surface area contributed by atoms with E-state index in [1.165, 1.54) is 31.4 Å². The molecule has 124 valence electrons. The van der Waals surface area contributed by atoms with Gasteiger partial charge in [-0.25, -0.2) is 9.59 Å². The monoisotopic (exact) mass is 324 g/mol. The molecule has 0 radical (unpaired) electrons. The number of esters is 2. The lowest BCUT2D eigenvalue weighted by atomic mass is 10.2. The van der Waals surface area contributed by atoms with Crippen molar-refractivity contribution in [1.29, 1.82) is 0 Å². The molecule has 0 aliphatic rings. The number of hydrogen-bond donors (Lipinski definition) is 2. The smallest absolute Gasteiger partial charge is 0.347 e. The number of ether oxygens (including phenoxy) is 3. The molecule has 0 spiro atoms. The standard InChI is InChI=1S/C15H16O8/c1-21-11-7-9(3-5-10(11)16)4-6-14(19)23-12(8-13(17)18)15(20)22-2/h3-7,12,16H,8H2,1-2H3,(H,17,18). The number of phenols is 1. The van der Waals surface area contributed by atoms with Crippen molar-refractivity contribution in [3.05, 3.63) is 29.8 Å². The van der Waals surface area contributed by atoms with Crippen molar-refractivity contribution in [1.82, 2.24) is 0 Å². The van der Waals surface area contributed by atoms with E-state index in [1.54, 1.807) is 0 Å². The van der Waals surface area contributed by atoms with Crippen LogP contribution >= 0.6 is 0 Å². The summed E-state index contributed by atoms with van der Waals surface area (Å²) in [6, 6.07) is 4.39. The van der Waals surface area contributed by atoms with Crippen molar-refractivity contribution in [2.75, 3.05) is 14.2 Å². The Labute approximate surface area is 131 Å². The Kier molecular flexibility index (Phi) is 6.60. The maximum atomic E-state index is 11.7. The van der Waals surface area contributed by atoms with E-state index in [1.807, 2.05) is 0 Å². The average Bonchev–Trinajstić information content (AvgIpc) is 2.52. The molecule has 0 saturated heterocycles. The molecule has 0 saturated carbocycles. The highest BCUT2D eigenvalue weighted by molar-refractivity contribution is 5.90. The Hall–Kier alpha value is -3.03. The number of phenolic OH excluding ortho intramolecular Hbond substituents is 1. The van der Waals surface area contributed by atoms with Gasteiger partial charge in [-0.05, 0) is 23.8 Å². The first-order chi connectivity index (χ1) is 10.9. The number of carboxylic acids is 1. The fraction of sp³-hybridized carbons (Fsp3) is 0.267. The molecule has 0 aromatic heterocycles. The maximum absolute atomic E-state index is 11.7. The van der Waals surface area contributed by atoms with Crippen LogP contribution in [0.4, 0.5) is 0 Å². The van der Waals surface area contributed by atoms with E-state index in [-0.39, 0.29) is 11.5 Å². The second-order valence-electron chi connectivity index (χ2n) is 4.31. The number of aliphatic carboxylic acids is 1. The van der Waals surface area contributed by atoms with Crippen LogP contribution in [0.15, 0.2) is 24.3 Å². The SMILES string of the molecule is COC(=O)C(CC(=O)O)OC(=O)C=Cc1ccc(O)c(OC)c1.